The molecule has 3 atom stereocenters. The zero-order valence-corrected chi connectivity index (χ0v) is 27.7. The van der Waals surface area contributed by atoms with Gasteiger partial charge in [-0.05, 0) is 87.1 Å². The molecule has 1 N–H and O–H groups in total. The van der Waals surface area contributed by atoms with Gasteiger partial charge in [0, 0.05) is 37.9 Å². The van der Waals surface area contributed by atoms with Crippen molar-refractivity contribution in [1.29, 1.82) is 0 Å². The number of allylic oxidation sites excluding steroid dienone is 2. The zero-order chi connectivity index (χ0) is 33.6. The molecule has 254 valence electrons. The first-order valence-electron chi connectivity index (χ1n) is 16.5. The van der Waals surface area contributed by atoms with Crippen LogP contribution in [0.3, 0.4) is 0 Å². The van der Waals surface area contributed by atoms with Crippen LogP contribution in [-0.4, -0.2) is 73.5 Å². The zero-order valence-electron chi connectivity index (χ0n) is 27.7. The van der Waals surface area contributed by atoms with Gasteiger partial charge in [-0.25, -0.2) is 0 Å². The van der Waals surface area contributed by atoms with E-state index < -0.39 is 17.5 Å². The Kier molecular flexibility index (Phi) is 14.0. The molecule has 10 nitrogen and oxygen atoms in total. The monoisotopic (exact) mass is 649 g/mol. The number of amides is 1. The SMILES string of the molecule is CCN(CC)C(=O)CC(C(=O)/C=C/c1ccc(OC2CCCCO2)c(CO)c1)C(=O)/C=C/c1ccc(OC2CCCCO2)c(OC)c1. The molecule has 10 heteroatoms. The molecule has 0 spiro atoms. The van der Waals surface area contributed by atoms with Gasteiger partial charge >= 0.3 is 0 Å². The van der Waals surface area contributed by atoms with E-state index in [1.807, 2.05) is 13.8 Å². The average molecular weight is 650 g/mol. The molecule has 47 heavy (non-hydrogen) atoms. The number of ether oxygens (including phenoxy) is 5. The fourth-order valence-electron chi connectivity index (χ4n) is 5.53. The molecule has 0 aromatic heterocycles. The van der Waals surface area contributed by atoms with Crippen molar-refractivity contribution in [3.05, 3.63) is 65.2 Å². The molecular weight excluding hydrogens is 602 g/mol. The lowest BCUT2D eigenvalue weighted by Gasteiger charge is -2.24. The molecule has 3 unspecified atom stereocenters. The Balaban J connectivity index is 1.49. The second kappa shape index (κ2) is 18.4. The first-order valence-corrected chi connectivity index (χ1v) is 16.5. The summed E-state index contributed by atoms with van der Waals surface area (Å²) in [6.07, 6.45) is 10.5. The van der Waals surface area contributed by atoms with Crippen LogP contribution in [0.4, 0.5) is 0 Å². The smallest absolute Gasteiger partial charge is 0.223 e. The Morgan fingerprint density at radius 1 is 0.830 bits per heavy atom. The van der Waals surface area contributed by atoms with Crippen molar-refractivity contribution in [2.45, 2.75) is 78.0 Å². The number of nitrogens with zero attached hydrogens (tertiary/aromatic N) is 1. The largest absolute Gasteiger partial charge is 0.493 e. The second-order valence-electron chi connectivity index (χ2n) is 11.6. The Morgan fingerprint density at radius 3 is 1.89 bits per heavy atom. The van der Waals surface area contributed by atoms with Crippen LogP contribution in [0.15, 0.2) is 48.6 Å². The summed E-state index contributed by atoms with van der Waals surface area (Å²) >= 11 is 0. The standard InChI is InChI=1S/C37H47NO9/c1-4-38(5-2)35(42)24-29(30(40)16-12-26-14-18-32(28(22-26)25-39)46-36-10-6-8-20-44-36)31(41)17-13-27-15-19-33(34(23-27)43-3)47-37-11-7-9-21-45-37/h12-19,22-23,29,36-37,39H,4-11,20-21,24-25H2,1-3H3/b16-12+,17-13+. The Morgan fingerprint density at radius 2 is 1.38 bits per heavy atom. The minimum Gasteiger partial charge on any atom is -0.493 e. The molecule has 2 fully saturated rings. The number of carbonyl (C=O) groups is 3. The predicted octanol–water partition coefficient (Wildman–Crippen LogP) is 5.74. The van der Waals surface area contributed by atoms with Gasteiger partial charge in [-0.1, -0.05) is 24.3 Å². The van der Waals surface area contributed by atoms with Gasteiger partial charge in [0.1, 0.15) is 5.75 Å². The molecular formula is C37H47NO9. The second-order valence-corrected chi connectivity index (χ2v) is 11.6. The van der Waals surface area contributed by atoms with Crippen LogP contribution in [0, 0.1) is 5.92 Å². The van der Waals surface area contributed by atoms with Crippen molar-refractivity contribution in [3.8, 4) is 17.2 Å². The number of benzene rings is 2. The number of carbonyl (C=O) groups excluding carboxylic acids is 3. The summed E-state index contributed by atoms with van der Waals surface area (Å²) in [6, 6.07) is 10.5. The normalized spacial score (nSPS) is 19.0. The van der Waals surface area contributed by atoms with E-state index in [2.05, 4.69) is 0 Å². The van der Waals surface area contributed by atoms with Crippen LogP contribution in [0.25, 0.3) is 12.2 Å². The Labute approximate surface area is 277 Å². The van der Waals surface area contributed by atoms with Gasteiger partial charge in [0.2, 0.25) is 5.91 Å². The van der Waals surface area contributed by atoms with Crippen LogP contribution >= 0.6 is 0 Å². The molecule has 0 radical (unpaired) electrons. The molecule has 1 amide bonds. The summed E-state index contributed by atoms with van der Waals surface area (Å²) < 4.78 is 28.8. The van der Waals surface area contributed by atoms with Crippen molar-refractivity contribution >= 4 is 29.6 Å². The number of rotatable bonds is 16. The summed E-state index contributed by atoms with van der Waals surface area (Å²) in [5.74, 6) is -0.900. The van der Waals surface area contributed by atoms with E-state index in [1.54, 1.807) is 53.5 Å². The van der Waals surface area contributed by atoms with Crippen molar-refractivity contribution in [2.75, 3.05) is 33.4 Å². The first-order chi connectivity index (χ1) is 22.8. The molecule has 2 saturated heterocycles. The van der Waals surface area contributed by atoms with E-state index >= 15 is 0 Å². The molecule has 2 heterocycles. The molecule has 2 aromatic carbocycles. The van der Waals surface area contributed by atoms with Crippen LogP contribution in [-0.2, 0) is 30.5 Å². The lowest BCUT2D eigenvalue weighted by molar-refractivity contribution is -0.137. The fourth-order valence-corrected chi connectivity index (χ4v) is 5.53. The molecule has 2 aromatic rings. The van der Waals surface area contributed by atoms with E-state index in [0.29, 0.717) is 60.2 Å². The first kappa shape index (κ1) is 35.9. The highest BCUT2D eigenvalue weighted by Gasteiger charge is 2.28. The Hall–Kier alpha value is -3.99. The number of methoxy groups -OCH3 is 1. The molecule has 0 bridgehead atoms. The average Bonchev–Trinajstić information content (AvgIpc) is 3.10. The van der Waals surface area contributed by atoms with Crippen molar-refractivity contribution in [1.82, 2.24) is 4.90 Å². The maximum atomic E-state index is 13.5. The molecule has 0 aliphatic carbocycles. The number of ketones is 2. The summed E-state index contributed by atoms with van der Waals surface area (Å²) in [7, 11) is 1.54. The van der Waals surface area contributed by atoms with Gasteiger partial charge in [-0.2, -0.15) is 0 Å². The maximum Gasteiger partial charge on any atom is 0.223 e. The highest BCUT2D eigenvalue weighted by molar-refractivity contribution is 6.15. The van der Waals surface area contributed by atoms with E-state index in [-0.39, 0.29) is 31.5 Å². The van der Waals surface area contributed by atoms with E-state index in [1.165, 1.54) is 19.3 Å². The lowest BCUT2D eigenvalue weighted by Crippen LogP contribution is -2.35. The van der Waals surface area contributed by atoms with Crippen molar-refractivity contribution in [3.63, 3.8) is 0 Å². The topological polar surface area (TPSA) is 121 Å². The minimum absolute atomic E-state index is 0.248. The minimum atomic E-state index is -1.20. The molecule has 4 rings (SSSR count). The van der Waals surface area contributed by atoms with Crippen molar-refractivity contribution in [2.24, 2.45) is 5.92 Å². The van der Waals surface area contributed by atoms with Gasteiger partial charge in [0.05, 0.1) is 32.8 Å². The van der Waals surface area contributed by atoms with Gasteiger partial charge in [0.25, 0.3) is 0 Å². The molecule has 2 aliphatic heterocycles. The highest BCUT2D eigenvalue weighted by atomic mass is 16.7. The lowest BCUT2D eigenvalue weighted by atomic mass is 9.92. The van der Waals surface area contributed by atoms with Gasteiger partial charge in [-0.15, -0.1) is 0 Å². The maximum absolute atomic E-state index is 13.5. The Bertz CT molecular complexity index is 1310. The fraction of sp³-hybridized carbons (Fsp3) is 0.486. The van der Waals surface area contributed by atoms with Crippen LogP contribution in [0.5, 0.6) is 17.2 Å². The molecule has 2 aliphatic rings. The quantitative estimate of drug-likeness (QED) is 0.179. The predicted molar refractivity (Wildman–Crippen MR) is 178 cm³/mol. The summed E-state index contributed by atoms with van der Waals surface area (Å²) in [5.41, 5.74) is 1.87. The number of hydrogen-bond acceptors (Lipinski definition) is 9. The summed E-state index contributed by atoms with van der Waals surface area (Å²) in [4.78, 5) is 41.6. The third-order valence-electron chi connectivity index (χ3n) is 8.30. The summed E-state index contributed by atoms with van der Waals surface area (Å²) in [5, 5.41) is 9.96. The van der Waals surface area contributed by atoms with Crippen LogP contribution in [0.1, 0.15) is 75.5 Å². The third kappa shape index (κ3) is 10.5. The van der Waals surface area contributed by atoms with E-state index in [0.717, 1.165) is 38.5 Å². The number of hydrogen-bond donors (Lipinski definition) is 1. The number of aliphatic hydroxyl groups excluding tert-OH is 1. The summed E-state index contributed by atoms with van der Waals surface area (Å²) in [6.45, 7) is 5.69. The molecule has 0 saturated carbocycles. The van der Waals surface area contributed by atoms with Gasteiger partial charge < -0.3 is 33.7 Å². The number of aliphatic hydroxyl groups is 1. The van der Waals surface area contributed by atoms with Crippen LogP contribution in [0.2, 0.25) is 0 Å². The highest BCUT2D eigenvalue weighted by Crippen LogP contribution is 2.31. The van der Waals surface area contributed by atoms with Crippen LogP contribution < -0.4 is 14.2 Å². The van der Waals surface area contributed by atoms with Crippen molar-refractivity contribution < 1.29 is 43.2 Å². The van der Waals surface area contributed by atoms with Gasteiger partial charge in [-0.3, -0.25) is 14.4 Å². The van der Waals surface area contributed by atoms with E-state index in [9.17, 15) is 19.5 Å². The van der Waals surface area contributed by atoms with Gasteiger partial charge in [0.15, 0.2) is 35.6 Å². The van der Waals surface area contributed by atoms with E-state index in [4.69, 9.17) is 23.7 Å². The third-order valence-corrected chi connectivity index (χ3v) is 8.30.